The van der Waals surface area contributed by atoms with Gasteiger partial charge in [-0.3, -0.25) is 9.59 Å². The van der Waals surface area contributed by atoms with Gasteiger partial charge in [-0.15, -0.1) is 11.3 Å². The van der Waals surface area contributed by atoms with E-state index in [4.69, 9.17) is 21.1 Å². The number of H-pyrrole nitrogens is 1. The number of likely N-dealkylation sites (tertiary alicyclic amines) is 1. The van der Waals surface area contributed by atoms with Gasteiger partial charge in [0.2, 0.25) is 0 Å². The second kappa shape index (κ2) is 8.26. The maximum absolute atomic E-state index is 13.5. The maximum Gasteiger partial charge on any atom is 0.260 e. The van der Waals surface area contributed by atoms with Crippen LogP contribution in [0.1, 0.15) is 34.7 Å². The molecule has 166 valence electrons. The van der Waals surface area contributed by atoms with Crippen molar-refractivity contribution in [2.45, 2.75) is 26.7 Å². The summed E-state index contributed by atoms with van der Waals surface area (Å²) in [5, 5.41) is 0.981. The van der Waals surface area contributed by atoms with Gasteiger partial charge in [0.05, 0.1) is 16.0 Å². The SMILES string of the molecule is Cc1sc2nc(/C(=C\c3cc(Cl)c4c(c3)OCCO4)C(=O)N3CCCC3)[nH]c(=O)c2c1C. The Morgan fingerprint density at radius 3 is 2.75 bits per heavy atom. The summed E-state index contributed by atoms with van der Waals surface area (Å²) in [4.78, 5) is 37.3. The molecule has 2 aliphatic rings. The minimum absolute atomic E-state index is 0.166. The number of rotatable bonds is 3. The molecule has 5 rings (SSSR count). The molecule has 0 saturated carbocycles. The van der Waals surface area contributed by atoms with E-state index in [0.717, 1.165) is 23.3 Å². The average molecular weight is 472 g/mol. The first-order chi connectivity index (χ1) is 15.4. The molecule has 1 saturated heterocycles. The molecule has 2 aromatic heterocycles. The number of hydrogen-bond donors (Lipinski definition) is 1. The van der Waals surface area contributed by atoms with Crippen molar-refractivity contribution in [3.63, 3.8) is 0 Å². The molecule has 3 aromatic rings. The normalized spacial score (nSPS) is 16.1. The molecule has 7 nitrogen and oxygen atoms in total. The summed E-state index contributed by atoms with van der Waals surface area (Å²) in [6.07, 6.45) is 3.63. The summed E-state index contributed by atoms with van der Waals surface area (Å²) in [7, 11) is 0. The van der Waals surface area contributed by atoms with Crippen molar-refractivity contribution in [3.8, 4) is 11.5 Å². The monoisotopic (exact) mass is 471 g/mol. The van der Waals surface area contributed by atoms with E-state index in [1.54, 1.807) is 23.1 Å². The minimum atomic E-state index is -0.243. The van der Waals surface area contributed by atoms with E-state index in [0.29, 0.717) is 64.2 Å². The number of thiophene rings is 1. The Labute approximate surface area is 193 Å². The van der Waals surface area contributed by atoms with Crippen LogP contribution in [0.15, 0.2) is 16.9 Å². The van der Waals surface area contributed by atoms with Crippen LogP contribution in [-0.4, -0.2) is 47.1 Å². The lowest BCUT2D eigenvalue weighted by molar-refractivity contribution is -0.123. The number of carbonyl (C=O) groups is 1. The number of nitrogens with zero attached hydrogens (tertiary/aromatic N) is 2. The minimum Gasteiger partial charge on any atom is -0.486 e. The van der Waals surface area contributed by atoms with E-state index in [-0.39, 0.29) is 17.3 Å². The van der Waals surface area contributed by atoms with E-state index >= 15 is 0 Å². The molecule has 1 N–H and O–H groups in total. The molecular weight excluding hydrogens is 450 g/mol. The van der Waals surface area contributed by atoms with E-state index in [1.165, 1.54) is 11.3 Å². The lowest BCUT2D eigenvalue weighted by Crippen LogP contribution is -2.29. The lowest BCUT2D eigenvalue weighted by Gasteiger charge is -2.20. The number of aromatic amines is 1. The number of fused-ring (bicyclic) bond motifs is 2. The largest absolute Gasteiger partial charge is 0.486 e. The fraction of sp³-hybridized carbons (Fsp3) is 0.348. The van der Waals surface area contributed by atoms with Crippen LogP contribution in [-0.2, 0) is 4.79 Å². The van der Waals surface area contributed by atoms with Gasteiger partial charge in [-0.25, -0.2) is 4.98 Å². The number of nitrogens with one attached hydrogen (secondary N) is 1. The Hall–Kier alpha value is -2.84. The van der Waals surface area contributed by atoms with Crippen LogP contribution in [0.3, 0.4) is 0 Å². The molecule has 0 bridgehead atoms. The topological polar surface area (TPSA) is 84.5 Å². The molecule has 0 unspecified atom stereocenters. The zero-order valence-electron chi connectivity index (χ0n) is 17.8. The van der Waals surface area contributed by atoms with Crippen molar-refractivity contribution >= 4 is 50.7 Å². The fourth-order valence-electron chi connectivity index (χ4n) is 4.09. The molecule has 0 aliphatic carbocycles. The molecular formula is C23H22ClN3O4S. The molecule has 2 aliphatic heterocycles. The van der Waals surface area contributed by atoms with Crippen LogP contribution < -0.4 is 15.0 Å². The predicted octanol–water partition coefficient (Wildman–Crippen LogP) is 4.19. The summed E-state index contributed by atoms with van der Waals surface area (Å²) >= 11 is 7.86. The predicted molar refractivity (Wildman–Crippen MR) is 126 cm³/mol. The summed E-state index contributed by atoms with van der Waals surface area (Å²) < 4.78 is 11.3. The number of hydrogen-bond acceptors (Lipinski definition) is 6. The Morgan fingerprint density at radius 1 is 1.22 bits per heavy atom. The molecule has 32 heavy (non-hydrogen) atoms. The van der Waals surface area contributed by atoms with E-state index in [9.17, 15) is 9.59 Å². The summed E-state index contributed by atoms with van der Waals surface area (Å²) in [5.74, 6) is 1.12. The first-order valence-electron chi connectivity index (χ1n) is 10.5. The van der Waals surface area contributed by atoms with E-state index in [2.05, 4.69) is 9.97 Å². The molecule has 4 heterocycles. The van der Waals surface area contributed by atoms with Gasteiger partial charge in [-0.2, -0.15) is 0 Å². The zero-order chi connectivity index (χ0) is 22.4. The molecule has 1 amide bonds. The molecule has 1 aromatic carbocycles. The highest BCUT2D eigenvalue weighted by molar-refractivity contribution is 7.18. The van der Waals surface area contributed by atoms with Gasteiger partial charge in [0.25, 0.3) is 11.5 Å². The first-order valence-corrected chi connectivity index (χ1v) is 11.7. The van der Waals surface area contributed by atoms with Crippen LogP contribution in [0, 0.1) is 13.8 Å². The van der Waals surface area contributed by atoms with Crippen molar-refractivity contribution < 1.29 is 14.3 Å². The van der Waals surface area contributed by atoms with Crippen molar-refractivity contribution in [3.05, 3.63) is 49.3 Å². The molecule has 0 radical (unpaired) electrons. The number of aromatic nitrogens is 2. The molecule has 9 heteroatoms. The van der Waals surface area contributed by atoms with E-state index < -0.39 is 0 Å². The number of amides is 1. The second-order valence-electron chi connectivity index (χ2n) is 7.96. The Kier molecular flexibility index (Phi) is 5.43. The van der Waals surface area contributed by atoms with Gasteiger partial charge in [0.1, 0.15) is 23.9 Å². The van der Waals surface area contributed by atoms with Crippen molar-refractivity contribution in [1.29, 1.82) is 0 Å². The summed E-state index contributed by atoms with van der Waals surface area (Å²) in [6.45, 7) is 6.10. The lowest BCUT2D eigenvalue weighted by atomic mass is 10.1. The van der Waals surface area contributed by atoms with Gasteiger partial charge < -0.3 is 19.4 Å². The maximum atomic E-state index is 13.5. The number of ether oxygens (including phenoxy) is 2. The second-order valence-corrected chi connectivity index (χ2v) is 9.57. The van der Waals surface area contributed by atoms with Crippen molar-refractivity contribution in [1.82, 2.24) is 14.9 Å². The third kappa shape index (κ3) is 3.67. The average Bonchev–Trinajstić information content (AvgIpc) is 3.40. The third-order valence-electron chi connectivity index (χ3n) is 5.85. The molecule has 0 atom stereocenters. The quantitative estimate of drug-likeness (QED) is 0.579. The summed E-state index contributed by atoms with van der Waals surface area (Å²) in [5.41, 5.74) is 1.66. The van der Waals surface area contributed by atoms with Crippen molar-refractivity contribution in [2.75, 3.05) is 26.3 Å². The smallest absolute Gasteiger partial charge is 0.260 e. The Bertz CT molecular complexity index is 1320. The number of aryl methyl sites for hydroxylation is 2. The number of halogens is 1. The molecule has 1 fully saturated rings. The summed E-state index contributed by atoms with van der Waals surface area (Å²) in [6, 6.07) is 3.51. The number of benzene rings is 1. The van der Waals surface area contributed by atoms with E-state index in [1.807, 2.05) is 13.8 Å². The Balaban J connectivity index is 1.67. The van der Waals surface area contributed by atoms with Gasteiger partial charge in [-0.1, -0.05) is 11.6 Å². The Morgan fingerprint density at radius 2 is 1.97 bits per heavy atom. The standard InChI is InChI=1S/C23H22ClN3O4S/c1-12-13(2)32-22-18(12)21(28)25-20(26-22)15(23(29)27-5-3-4-6-27)9-14-10-16(24)19-17(11-14)30-7-8-31-19/h9-11H,3-8H2,1-2H3,(H,25,26,28)/b15-9+. The zero-order valence-corrected chi connectivity index (χ0v) is 19.4. The highest BCUT2D eigenvalue weighted by atomic mass is 35.5. The van der Waals surface area contributed by atoms with Gasteiger partial charge in [0, 0.05) is 18.0 Å². The fourth-order valence-corrected chi connectivity index (χ4v) is 5.39. The van der Waals surface area contributed by atoms with Crippen molar-refractivity contribution in [2.24, 2.45) is 0 Å². The highest BCUT2D eigenvalue weighted by Crippen LogP contribution is 2.39. The van der Waals surface area contributed by atoms with Crippen LogP contribution in [0.5, 0.6) is 11.5 Å². The van der Waals surface area contributed by atoms with Crippen LogP contribution in [0.25, 0.3) is 21.9 Å². The van der Waals surface area contributed by atoms with Gasteiger partial charge >= 0.3 is 0 Å². The van der Waals surface area contributed by atoms with Crippen LogP contribution in [0.4, 0.5) is 0 Å². The van der Waals surface area contributed by atoms with Crippen LogP contribution in [0.2, 0.25) is 5.02 Å². The first kappa shape index (κ1) is 21.0. The highest BCUT2D eigenvalue weighted by Gasteiger charge is 2.26. The van der Waals surface area contributed by atoms with Gasteiger partial charge in [-0.05, 0) is 56.0 Å². The van der Waals surface area contributed by atoms with Gasteiger partial charge in [0.15, 0.2) is 11.5 Å². The van der Waals surface area contributed by atoms with Crippen LogP contribution >= 0.6 is 22.9 Å². The number of carbonyl (C=O) groups excluding carboxylic acids is 1. The molecule has 0 spiro atoms. The third-order valence-corrected chi connectivity index (χ3v) is 7.23.